The molecule has 6 nitrogen and oxygen atoms in total. The van der Waals surface area contributed by atoms with Gasteiger partial charge in [0.2, 0.25) is 0 Å². The molecule has 148 valence electrons. The molecule has 0 amide bonds. The quantitative estimate of drug-likeness (QED) is 0.321. The normalized spacial score (nSPS) is 16.8. The second-order valence-corrected chi connectivity index (χ2v) is 7.40. The van der Waals surface area contributed by atoms with Gasteiger partial charge in [0, 0.05) is 38.5 Å². The fraction of sp³-hybridized carbons (Fsp3) is 0.800. The Hall–Kier alpha value is -1.56. The van der Waals surface area contributed by atoms with Gasteiger partial charge in [0.05, 0.1) is 6.20 Å². The summed E-state index contributed by atoms with van der Waals surface area (Å²) in [6.07, 6.45) is 10.4. The summed E-state index contributed by atoms with van der Waals surface area (Å²) in [7, 11) is 0. The molecule has 2 rings (SSSR count). The van der Waals surface area contributed by atoms with Gasteiger partial charge in [-0.1, -0.05) is 12.8 Å². The van der Waals surface area contributed by atoms with E-state index in [9.17, 15) is 0 Å². The van der Waals surface area contributed by atoms with E-state index in [0.717, 1.165) is 58.1 Å². The van der Waals surface area contributed by atoms with Crippen molar-refractivity contribution in [3.05, 3.63) is 17.5 Å². The number of aromatic amines is 1. The first kappa shape index (κ1) is 20.7. The SMILES string of the molecule is CCNC(=NCC1(CCOCC)CCCC1)NCCCc1cn[nH]c1C. The molecule has 1 saturated carbocycles. The number of rotatable bonds is 11. The van der Waals surface area contributed by atoms with E-state index in [2.05, 4.69) is 41.6 Å². The molecule has 1 aliphatic rings. The lowest BCUT2D eigenvalue weighted by molar-refractivity contribution is 0.107. The zero-order valence-corrected chi connectivity index (χ0v) is 16.9. The number of aryl methyl sites for hydroxylation is 2. The largest absolute Gasteiger partial charge is 0.382 e. The highest BCUT2D eigenvalue weighted by molar-refractivity contribution is 5.79. The maximum absolute atomic E-state index is 5.61. The third-order valence-electron chi connectivity index (χ3n) is 5.41. The molecule has 0 unspecified atom stereocenters. The third kappa shape index (κ3) is 6.63. The second kappa shape index (κ2) is 11.2. The second-order valence-electron chi connectivity index (χ2n) is 7.40. The zero-order valence-electron chi connectivity index (χ0n) is 16.9. The average Bonchev–Trinajstić information content (AvgIpc) is 3.26. The Bertz CT molecular complexity index is 534. The van der Waals surface area contributed by atoms with Crippen molar-refractivity contribution in [1.82, 2.24) is 20.8 Å². The highest BCUT2D eigenvalue weighted by Crippen LogP contribution is 2.41. The van der Waals surface area contributed by atoms with Crippen LogP contribution >= 0.6 is 0 Å². The van der Waals surface area contributed by atoms with Crippen LogP contribution in [-0.2, 0) is 11.2 Å². The van der Waals surface area contributed by atoms with Gasteiger partial charge in [-0.05, 0) is 63.9 Å². The Morgan fingerprint density at radius 3 is 2.77 bits per heavy atom. The minimum atomic E-state index is 0.339. The summed E-state index contributed by atoms with van der Waals surface area (Å²) in [5.41, 5.74) is 2.81. The Labute approximate surface area is 158 Å². The van der Waals surface area contributed by atoms with Crippen LogP contribution in [0.5, 0.6) is 0 Å². The number of aliphatic imine (C=N–C) groups is 1. The number of aromatic nitrogens is 2. The fourth-order valence-electron chi connectivity index (χ4n) is 3.75. The molecule has 0 bridgehead atoms. The van der Waals surface area contributed by atoms with Gasteiger partial charge in [-0.3, -0.25) is 10.1 Å². The van der Waals surface area contributed by atoms with Crippen LogP contribution in [0.3, 0.4) is 0 Å². The molecule has 1 aromatic rings. The van der Waals surface area contributed by atoms with Gasteiger partial charge >= 0.3 is 0 Å². The van der Waals surface area contributed by atoms with E-state index < -0.39 is 0 Å². The van der Waals surface area contributed by atoms with E-state index in [1.54, 1.807) is 0 Å². The van der Waals surface area contributed by atoms with Gasteiger partial charge in [0.1, 0.15) is 0 Å². The Kier molecular flexibility index (Phi) is 8.95. The van der Waals surface area contributed by atoms with Gasteiger partial charge in [-0.25, -0.2) is 0 Å². The molecule has 1 aromatic heterocycles. The van der Waals surface area contributed by atoms with Crippen LogP contribution in [0.4, 0.5) is 0 Å². The lowest BCUT2D eigenvalue weighted by Gasteiger charge is -2.27. The minimum absolute atomic E-state index is 0.339. The molecular weight excluding hydrogens is 326 g/mol. The van der Waals surface area contributed by atoms with Gasteiger partial charge in [-0.15, -0.1) is 0 Å². The van der Waals surface area contributed by atoms with Crippen molar-refractivity contribution in [3.63, 3.8) is 0 Å². The molecule has 0 atom stereocenters. The molecular formula is C20H37N5O. The Morgan fingerprint density at radius 2 is 2.12 bits per heavy atom. The number of nitrogens with one attached hydrogen (secondary N) is 3. The van der Waals surface area contributed by atoms with Gasteiger partial charge in [-0.2, -0.15) is 5.10 Å². The fourth-order valence-corrected chi connectivity index (χ4v) is 3.75. The van der Waals surface area contributed by atoms with Crippen molar-refractivity contribution in [1.29, 1.82) is 0 Å². The summed E-state index contributed by atoms with van der Waals surface area (Å²) in [6.45, 7) is 10.6. The monoisotopic (exact) mass is 363 g/mol. The van der Waals surface area contributed by atoms with E-state index in [4.69, 9.17) is 9.73 Å². The first-order valence-corrected chi connectivity index (χ1v) is 10.3. The van der Waals surface area contributed by atoms with Crippen LogP contribution in [0.25, 0.3) is 0 Å². The van der Waals surface area contributed by atoms with Crippen LogP contribution in [0.1, 0.15) is 63.6 Å². The number of H-pyrrole nitrogens is 1. The lowest BCUT2D eigenvalue weighted by Crippen LogP contribution is -2.39. The van der Waals surface area contributed by atoms with E-state index in [-0.39, 0.29) is 0 Å². The van der Waals surface area contributed by atoms with Crippen molar-refractivity contribution in [2.75, 3.05) is 32.8 Å². The molecule has 0 aliphatic heterocycles. The van der Waals surface area contributed by atoms with Crippen molar-refractivity contribution in [2.24, 2.45) is 10.4 Å². The van der Waals surface area contributed by atoms with Crippen LogP contribution in [0.15, 0.2) is 11.2 Å². The van der Waals surface area contributed by atoms with E-state index in [1.165, 1.54) is 36.9 Å². The lowest BCUT2D eigenvalue weighted by atomic mass is 9.83. The van der Waals surface area contributed by atoms with Gasteiger partial charge in [0.15, 0.2) is 5.96 Å². The standard InChI is InChI=1S/C20H37N5O/c1-4-21-19(22-13-8-9-18-15-24-25-17(18)3)23-16-20(10-6-7-11-20)12-14-26-5-2/h15H,4-14,16H2,1-3H3,(H,24,25)(H2,21,22,23). The van der Waals surface area contributed by atoms with Crippen molar-refractivity contribution in [3.8, 4) is 0 Å². The first-order valence-electron chi connectivity index (χ1n) is 10.3. The molecule has 6 heteroatoms. The van der Waals surface area contributed by atoms with E-state index in [1.807, 2.05) is 6.20 Å². The zero-order chi connectivity index (χ0) is 18.7. The molecule has 0 aromatic carbocycles. The maximum Gasteiger partial charge on any atom is 0.191 e. The summed E-state index contributed by atoms with van der Waals surface area (Å²) in [5, 5.41) is 14.0. The molecule has 26 heavy (non-hydrogen) atoms. The molecule has 3 N–H and O–H groups in total. The maximum atomic E-state index is 5.61. The number of hydrogen-bond donors (Lipinski definition) is 3. The van der Waals surface area contributed by atoms with E-state index >= 15 is 0 Å². The van der Waals surface area contributed by atoms with Crippen molar-refractivity contribution >= 4 is 5.96 Å². The van der Waals surface area contributed by atoms with E-state index in [0.29, 0.717) is 5.41 Å². The smallest absolute Gasteiger partial charge is 0.191 e. The average molecular weight is 364 g/mol. The molecule has 1 aliphatic carbocycles. The Morgan fingerprint density at radius 1 is 1.31 bits per heavy atom. The van der Waals surface area contributed by atoms with Crippen LogP contribution in [0.2, 0.25) is 0 Å². The number of nitrogens with zero attached hydrogens (tertiary/aromatic N) is 2. The molecule has 0 spiro atoms. The topological polar surface area (TPSA) is 74.3 Å². The van der Waals surface area contributed by atoms with Gasteiger partial charge < -0.3 is 15.4 Å². The summed E-state index contributed by atoms with van der Waals surface area (Å²) >= 11 is 0. The molecule has 0 radical (unpaired) electrons. The highest BCUT2D eigenvalue weighted by Gasteiger charge is 2.33. The summed E-state index contributed by atoms with van der Waals surface area (Å²) in [6, 6.07) is 0. The summed E-state index contributed by atoms with van der Waals surface area (Å²) < 4.78 is 5.61. The minimum Gasteiger partial charge on any atom is -0.382 e. The molecule has 1 fully saturated rings. The van der Waals surface area contributed by atoms with Crippen molar-refractivity contribution in [2.45, 2.75) is 65.7 Å². The number of guanidine groups is 1. The predicted octanol–water partition coefficient (Wildman–Crippen LogP) is 3.19. The summed E-state index contributed by atoms with van der Waals surface area (Å²) in [4.78, 5) is 4.92. The predicted molar refractivity (Wildman–Crippen MR) is 108 cm³/mol. The first-order chi connectivity index (χ1) is 12.7. The van der Waals surface area contributed by atoms with Gasteiger partial charge in [0.25, 0.3) is 0 Å². The van der Waals surface area contributed by atoms with Crippen LogP contribution < -0.4 is 10.6 Å². The molecule has 0 saturated heterocycles. The van der Waals surface area contributed by atoms with Crippen LogP contribution in [-0.4, -0.2) is 49.0 Å². The van der Waals surface area contributed by atoms with Crippen LogP contribution in [0, 0.1) is 12.3 Å². The summed E-state index contributed by atoms with van der Waals surface area (Å²) in [5.74, 6) is 0.944. The van der Waals surface area contributed by atoms with Crippen molar-refractivity contribution < 1.29 is 4.74 Å². The molecule has 1 heterocycles. The number of hydrogen-bond acceptors (Lipinski definition) is 3. The number of ether oxygens (including phenoxy) is 1. The highest BCUT2D eigenvalue weighted by atomic mass is 16.5. The third-order valence-corrected chi connectivity index (χ3v) is 5.41. The Balaban J connectivity index is 1.81.